The molecule has 0 bridgehead atoms. The van der Waals surface area contributed by atoms with Crippen LogP contribution in [0.3, 0.4) is 0 Å². The quantitative estimate of drug-likeness (QED) is 0.866. The number of nitrogens with one attached hydrogen (secondary N) is 1. The van der Waals surface area contributed by atoms with Crippen LogP contribution in [0.5, 0.6) is 0 Å². The Balaban J connectivity index is 2.35. The molecule has 3 heteroatoms. The Kier molecular flexibility index (Phi) is 5.77. The molecule has 1 fully saturated rings. The summed E-state index contributed by atoms with van der Waals surface area (Å²) in [5.41, 5.74) is 1.53. The van der Waals surface area contributed by atoms with Crippen LogP contribution in [0.25, 0.3) is 0 Å². The van der Waals surface area contributed by atoms with Crippen LogP contribution < -0.4 is 5.32 Å². The van der Waals surface area contributed by atoms with Crippen LogP contribution in [0.1, 0.15) is 57.6 Å². The van der Waals surface area contributed by atoms with E-state index >= 15 is 0 Å². The smallest absolute Gasteiger partial charge is 0.0522 e. The zero-order valence-corrected chi connectivity index (χ0v) is 14.1. The van der Waals surface area contributed by atoms with Crippen LogP contribution in [0.4, 0.5) is 0 Å². The fourth-order valence-corrected chi connectivity index (χ4v) is 3.94. The van der Waals surface area contributed by atoms with Crippen LogP contribution in [0.2, 0.25) is 0 Å². The first-order chi connectivity index (χ1) is 10.1. The number of rotatable bonds is 6. The van der Waals surface area contributed by atoms with Crippen LogP contribution in [0, 0.1) is 5.92 Å². The van der Waals surface area contributed by atoms with Crippen LogP contribution in [-0.2, 0) is 0 Å². The minimum absolute atomic E-state index is 0.204. The van der Waals surface area contributed by atoms with E-state index in [2.05, 4.69) is 55.3 Å². The number of aromatic nitrogens is 1. The number of likely N-dealkylation sites (N-methyl/N-ethyl adjacent to an activating group) is 1. The van der Waals surface area contributed by atoms with Gasteiger partial charge in [-0.2, -0.15) is 0 Å². The molecule has 2 rings (SSSR count). The van der Waals surface area contributed by atoms with Gasteiger partial charge in [0.05, 0.1) is 6.04 Å². The lowest BCUT2D eigenvalue weighted by Gasteiger charge is -2.50. The van der Waals surface area contributed by atoms with E-state index in [0.29, 0.717) is 6.04 Å². The third-order valence-electron chi connectivity index (χ3n) is 5.05. The molecular formula is C18H31N3. The van der Waals surface area contributed by atoms with Gasteiger partial charge < -0.3 is 10.2 Å². The molecule has 1 aliphatic rings. The molecule has 0 radical (unpaired) electrons. The van der Waals surface area contributed by atoms with Crippen molar-refractivity contribution in [1.29, 1.82) is 0 Å². The second-order valence-corrected chi connectivity index (χ2v) is 6.87. The summed E-state index contributed by atoms with van der Waals surface area (Å²) in [4.78, 5) is 6.82. The van der Waals surface area contributed by atoms with Crippen LogP contribution in [0.15, 0.2) is 24.5 Å². The summed E-state index contributed by atoms with van der Waals surface area (Å²) in [6.45, 7) is 5.69. The van der Waals surface area contributed by atoms with Crippen molar-refractivity contribution >= 4 is 0 Å². The van der Waals surface area contributed by atoms with Crippen molar-refractivity contribution in [3.63, 3.8) is 0 Å². The number of nitrogens with zero attached hydrogens (tertiary/aromatic N) is 2. The third kappa shape index (κ3) is 3.64. The second-order valence-electron chi connectivity index (χ2n) is 6.87. The van der Waals surface area contributed by atoms with E-state index in [1.807, 2.05) is 12.4 Å². The molecule has 1 saturated carbocycles. The highest BCUT2D eigenvalue weighted by atomic mass is 15.2. The van der Waals surface area contributed by atoms with Crippen molar-refractivity contribution in [1.82, 2.24) is 15.2 Å². The van der Waals surface area contributed by atoms with Crippen molar-refractivity contribution in [3.8, 4) is 0 Å². The third-order valence-corrected chi connectivity index (χ3v) is 5.05. The van der Waals surface area contributed by atoms with Crippen molar-refractivity contribution in [2.75, 3.05) is 20.6 Å². The molecule has 1 heterocycles. The Morgan fingerprint density at radius 2 is 2.29 bits per heavy atom. The lowest BCUT2D eigenvalue weighted by Crippen LogP contribution is -2.56. The Bertz CT molecular complexity index is 418. The van der Waals surface area contributed by atoms with E-state index in [4.69, 9.17) is 0 Å². The summed E-state index contributed by atoms with van der Waals surface area (Å²) in [6.07, 6.45) is 10.3. The van der Waals surface area contributed by atoms with Crippen molar-refractivity contribution in [2.45, 2.75) is 57.5 Å². The highest BCUT2D eigenvalue weighted by molar-refractivity contribution is 5.21. The average molecular weight is 289 g/mol. The molecule has 3 atom stereocenters. The van der Waals surface area contributed by atoms with Crippen LogP contribution in [-0.4, -0.2) is 36.1 Å². The summed E-state index contributed by atoms with van der Waals surface area (Å²) in [6, 6.07) is 4.65. The summed E-state index contributed by atoms with van der Waals surface area (Å²) in [5, 5.41) is 3.82. The zero-order chi connectivity index (χ0) is 15.3. The zero-order valence-electron chi connectivity index (χ0n) is 14.1. The molecule has 1 aromatic rings. The minimum Gasteiger partial charge on any atom is -0.308 e. The fourth-order valence-electron chi connectivity index (χ4n) is 3.94. The SMILES string of the molecule is CCCNC(c1cccnc1)C1(N(C)C)CCCC(C)C1. The van der Waals surface area contributed by atoms with Gasteiger partial charge >= 0.3 is 0 Å². The van der Waals surface area contributed by atoms with Gasteiger partial charge in [-0.05, 0) is 57.5 Å². The second kappa shape index (κ2) is 7.37. The normalized spacial score (nSPS) is 27.8. The Labute approximate surface area is 130 Å². The standard InChI is InChI=1S/C18H31N3/c1-5-11-20-17(16-9-7-12-19-14-16)18(21(3)4)10-6-8-15(2)13-18/h7,9,12,14-15,17,20H,5-6,8,10-11,13H2,1-4H3. The molecule has 0 saturated heterocycles. The lowest BCUT2D eigenvalue weighted by molar-refractivity contribution is 0.0366. The fraction of sp³-hybridized carbons (Fsp3) is 0.722. The highest BCUT2D eigenvalue weighted by Gasteiger charge is 2.44. The number of hydrogen-bond donors (Lipinski definition) is 1. The van der Waals surface area contributed by atoms with E-state index in [1.165, 1.54) is 31.2 Å². The molecule has 0 aromatic carbocycles. The lowest BCUT2D eigenvalue weighted by atomic mass is 9.69. The molecule has 21 heavy (non-hydrogen) atoms. The molecular weight excluding hydrogens is 258 g/mol. The topological polar surface area (TPSA) is 28.2 Å². The van der Waals surface area contributed by atoms with E-state index in [0.717, 1.165) is 18.9 Å². The van der Waals surface area contributed by atoms with Gasteiger partial charge in [0.25, 0.3) is 0 Å². The number of pyridine rings is 1. The first kappa shape index (κ1) is 16.4. The molecule has 0 amide bonds. The number of hydrogen-bond acceptors (Lipinski definition) is 3. The molecule has 1 N–H and O–H groups in total. The van der Waals surface area contributed by atoms with Crippen molar-refractivity contribution in [2.24, 2.45) is 5.92 Å². The largest absolute Gasteiger partial charge is 0.308 e. The average Bonchev–Trinajstić information content (AvgIpc) is 2.48. The van der Waals surface area contributed by atoms with Crippen molar-refractivity contribution in [3.05, 3.63) is 30.1 Å². The predicted molar refractivity (Wildman–Crippen MR) is 89.3 cm³/mol. The van der Waals surface area contributed by atoms with E-state index in [9.17, 15) is 0 Å². The van der Waals surface area contributed by atoms with Gasteiger partial charge in [-0.25, -0.2) is 0 Å². The monoisotopic (exact) mass is 289 g/mol. The molecule has 3 unspecified atom stereocenters. The Hall–Kier alpha value is -0.930. The molecule has 1 aliphatic carbocycles. The summed E-state index contributed by atoms with van der Waals surface area (Å²) < 4.78 is 0. The minimum atomic E-state index is 0.204. The maximum atomic E-state index is 4.36. The summed E-state index contributed by atoms with van der Waals surface area (Å²) in [7, 11) is 4.49. The molecule has 0 spiro atoms. The Morgan fingerprint density at radius 3 is 2.86 bits per heavy atom. The van der Waals surface area contributed by atoms with Gasteiger partial charge in [-0.15, -0.1) is 0 Å². The molecule has 1 aromatic heterocycles. The van der Waals surface area contributed by atoms with Gasteiger partial charge in [-0.3, -0.25) is 4.98 Å². The van der Waals surface area contributed by atoms with Crippen molar-refractivity contribution < 1.29 is 0 Å². The molecule has 118 valence electrons. The predicted octanol–water partition coefficient (Wildman–Crippen LogP) is 3.63. The van der Waals surface area contributed by atoms with Gasteiger partial charge in [0.15, 0.2) is 0 Å². The van der Waals surface area contributed by atoms with Crippen LogP contribution >= 0.6 is 0 Å². The summed E-state index contributed by atoms with van der Waals surface area (Å²) in [5.74, 6) is 0.795. The molecule has 0 aliphatic heterocycles. The van der Waals surface area contributed by atoms with Gasteiger partial charge in [-0.1, -0.05) is 32.8 Å². The van der Waals surface area contributed by atoms with E-state index < -0.39 is 0 Å². The molecule has 3 nitrogen and oxygen atoms in total. The Morgan fingerprint density at radius 1 is 1.48 bits per heavy atom. The summed E-state index contributed by atoms with van der Waals surface area (Å²) >= 11 is 0. The van der Waals surface area contributed by atoms with E-state index in [-0.39, 0.29) is 5.54 Å². The first-order valence-corrected chi connectivity index (χ1v) is 8.41. The van der Waals surface area contributed by atoms with Gasteiger partial charge in [0, 0.05) is 17.9 Å². The highest BCUT2D eigenvalue weighted by Crippen LogP contribution is 2.43. The van der Waals surface area contributed by atoms with Gasteiger partial charge in [0.1, 0.15) is 0 Å². The van der Waals surface area contributed by atoms with Gasteiger partial charge in [0.2, 0.25) is 0 Å². The first-order valence-electron chi connectivity index (χ1n) is 8.41. The maximum Gasteiger partial charge on any atom is 0.0522 e. The maximum absolute atomic E-state index is 4.36. The van der Waals surface area contributed by atoms with E-state index in [1.54, 1.807) is 0 Å².